The molecule has 8 aromatic carbocycles. The maximum Gasteiger partial charge on any atom is 0.0735 e. The summed E-state index contributed by atoms with van der Waals surface area (Å²) in [5.41, 5.74) is 15.6. The molecular formula is C49H29N3. The van der Waals surface area contributed by atoms with Gasteiger partial charge in [-0.25, -0.2) is 0 Å². The van der Waals surface area contributed by atoms with E-state index in [1.807, 2.05) is 6.20 Å². The lowest BCUT2D eigenvalue weighted by Crippen LogP contribution is -1.95. The molecule has 0 bridgehead atoms. The van der Waals surface area contributed by atoms with Gasteiger partial charge in [0.1, 0.15) is 0 Å². The first kappa shape index (κ1) is 27.8. The summed E-state index contributed by atoms with van der Waals surface area (Å²) >= 11 is 0. The largest absolute Gasteiger partial charge is 0.309 e. The molecule has 0 aliphatic heterocycles. The molecule has 0 atom stereocenters. The minimum Gasteiger partial charge on any atom is -0.309 e. The molecule has 0 saturated carbocycles. The molecule has 3 aromatic heterocycles. The summed E-state index contributed by atoms with van der Waals surface area (Å²) < 4.78 is 4.82. The van der Waals surface area contributed by atoms with Crippen molar-refractivity contribution < 1.29 is 0 Å². The van der Waals surface area contributed by atoms with Crippen molar-refractivity contribution in [2.75, 3.05) is 0 Å². The van der Waals surface area contributed by atoms with Crippen LogP contribution in [0.4, 0.5) is 0 Å². The van der Waals surface area contributed by atoms with Gasteiger partial charge in [0.05, 0.1) is 27.6 Å². The average molecular weight is 660 g/mol. The molecule has 0 saturated heterocycles. The summed E-state index contributed by atoms with van der Waals surface area (Å²) in [6.07, 6.45) is 1.95. The first-order valence-corrected chi connectivity index (χ1v) is 17.9. The Hall–Kier alpha value is -6.97. The van der Waals surface area contributed by atoms with Gasteiger partial charge in [-0.2, -0.15) is 0 Å². The van der Waals surface area contributed by atoms with Gasteiger partial charge < -0.3 is 9.13 Å². The summed E-state index contributed by atoms with van der Waals surface area (Å²) in [7, 11) is 0. The quantitative estimate of drug-likeness (QED) is 0.185. The lowest BCUT2D eigenvalue weighted by molar-refractivity contribution is 1.18. The summed E-state index contributed by atoms with van der Waals surface area (Å²) in [6, 6.07) is 62.2. The van der Waals surface area contributed by atoms with Crippen LogP contribution in [-0.2, 0) is 0 Å². The fourth-order valence-corrected chi connectivity index (χ4v) is 9.05. The maximum absolute atomic E-state index is 4.88. The molecule has 0 unspecified atom stereocenters. The lowest BCUT2D eigenvalue weighted by Gasteiger charge is -2.12. The zero-order valence-corrected chi connectivity index (χ0v) is 28.1. The second kappa shape index (κ2) is 10.3. The van der Waals surface area contributed by atoms with Crippen LogP contribution in [0.15, 0.2) is 176 Å². The van der Waals surface area contributed by atoms with Gasteiger partial charge in [0.2, 0.25) is 0 Å². The van der Waals surface area contributed by atoms with E-state index in [9.17, 15) is 0 Å². The second-order valence-electron chi connectivity index (χ2n) is 14.0. The van der Waals surface area contributed by atoms with Gasteiger partial charge in [0, 0.05) is 44.5 Å². The highest BCUT2D eigenvalue weighted by Crippen LogP contribution is 2.48. The predicted octanol–water partition coefficient (Wildman–Crippen LogP) is 12.9. The SMILES string of the molecule is c1ccc(-n2c3ccc(-c4ccc5c(c4)c4ccccc4n5-c4cc5c6c(ccnc6c4)-c4ccccc4-5)cc3c3c4ccccc4ccc32)cc1. The number of fused-ring (bicyclic) bond motifs is 11. The van der Waals surface area contributed by atoms with E-state index >= 15 is 0 Å². The van der Waals surface area contributed by atoms with Gasteiger partial charge in [-0.1, -0.05) is 103 Å². The van der Waals surface area contributed by atoms with E-state index in [1.54, 1.807) is 0 Å². The molecule has 3 heteroatoms. The van der Waals surface area contributed by atoms with Gasteiger partial charge in [-0.15, -0.1) is 0 Å². The molecule has 0 radical (unpaired) electrons. The number of para-hydroxylation sites is 2. The van der Waals surface area contributed by atoms with E-state index in [0.29, 0.717) is 0 Å². The second-order valence-corrected chi connectivity index (χ2v) is 14.0. The van der Waals surface area contributed by atoms with Crippen molar-refractivity contribution >= 4 is 65.3 Å². The number of rotatable bonds is 3. The van der Waals surface area contributed by atoms with Crippen molar-refractivity contribution in [1.82, 2.24) is 14.1 Å². The van der Waals surface area contributed by atoms with Crippen LogP contribution >= 0.6 is 0 Å². The van der Waals surface area contributed by atoms with Crippen molar-refractivity contribution in [2.24, 2.45) is 0 Å². The molecule has 11 aromatic rings. The molecule has 0 spiro atoms. The minimum absolute atomic E-state index is 1.03. The van der Waals surface area contributed by atoms with Crippen LogP contribution in [0.25, 0.3) is 110 Å². The van der Waals surface area contributed by atoms with Crippen LogP contribution in [0.2, 0.25) is 0 Å². The molecule has 3 heterocycles. The summed E-state index contributed by atoms with van der Waals surface area (Å²) in [6.45, 7) is 0. The third-order valence-corrected chi connectivity index (χ3v) is 11.3. The van der Waals surface area contributed by atoms with Gasteiger partial charge >= 0.3 is 0 Å². The van der Waals surface area contributed by atoms with E-state index in [0.717, 1.165) is 11.2 Å². The molecular weight excluding hydrogens is 631 g/mol. The summed E-state index contributed by atoms with van der Waals surface area (Å²) in [4.78, 5) is 4.88. The molecule has 3 nitrogen and oxygen atoms in total. The van der Waals surface area contributed by atoms with E-state index in [4.69, 9.17) is 4.98 Å². The number of benzene rings is 8. The predicted molar refractivity (Wildman–Crippen MR) is 218 cm³/mol. The molecule has 0 N–H and O–H groups in total. The lowest BCUT2D eigenvalue weighted by atomic mass is 9.99. The maximum atomic E-state index is 4.88. The van der Waals surface area contributed by atoms with Gasteiger partial charge in [0.25, 0.3) is 0 Å². The minimum atomic E-state index is 1.03. The highest BCUT2D eigenvalue weighted by Gasteiger charge is 2.24. The zero-order chi connectivity index (χ0) is 33.9. The summed E-state index contributed by atoms with van der Waals surface area (Å²) in [5.74, 6) is 0. The monoisotopic (exact) mass is 659 g/mol. The Balaban J connectivity index is 1.09. The normalized spacial score (nSPS) is 12.2. The molecule has 12 rings (SSSR count). The fourth-order valence-electron chi connectivity index (χ4n) is 9.05. The molecule has 240 valence electrons. The topological polar surface area (TPSA) is 22.8 Å². The molecule has 52 heavy (non-hydrogen) atoms. The Bertz CT molecular complexity index is 3290. The van der Waals surface area contributed by atoms with Crippen LogP contribution in [0.3, 0.4) is 0 Å². The smallest absolute Gasteiger partial charge is 0.0735 e. The van der Waals surface area contributed by atoms with Crippen molar-refractivity contribution in [3.05, 3.63) is 176 Å². The molecule has 1 aliphatic rings. The van der Waals surface area contributed by atoms with E-state index in [1.165, 1.54) is 98.8 Å². The Morgan fingerprint density at radius 1 is 0.346 bits per heavy atom. The standard InChI is InChI=1S/C49H29N3/c1-2-11-33(12-3-1)51-46-22-20-32(27-42(46)49-35-13-5-4-10-30(35)18-23-47(49)51)31-19-21-45-40(26-31)38-16-8-9-17-44(38)52(45)34-28-41-37-15-7-6-14-36(37)39-24-25-50-43(29-34)48(39)41/h1-29H. The number of pyridine rings is 1. The zero-order valence-electron chi connectivity index (χ0n) is 28.1. The molecule has 0 fully saturated rings. The van der Waals surface area contributed by atoms with Crippen molar-refractivity contribution in [3.63, 3.8) is 0 Å². The Morgan fingerprint density at radius 2 is 0.981 bits per heavy atom. The Morgan fingerprint density at radius 3 is 1.83 bits per heavy atom. The highest BCUT2D eigenvalue weighted by molar-refractivity contribution is 6.22. The Kier molecular flexibility index (Phi) is 5.50. The third-order valence-electron chi connectivity index (χ3n) is 11.3. The van der Waals surface area contributed by atoms with Crippen molar-refractivity contribution in [2.45, 2.75) is 0 Å². The van der Waals surface area contributed by atoms with Gasteiger partial charge in [-0.3, -0.25) is 4.98 Å². The van der Waals surface area contributed by atoms with Crippen LogP contribution in [0.1, 0.15) is 0 Å². The van der Waals surface area contributed by atoms with Crippen LogP contribution in [0, 0.1) is 0 Å². The summed E-state index contributed by atoms with van der Waals surface area (Å²) in [5, 5.41) is 8.81. The van der Waals surface area contributed by atoms with Gasteiger partial charge in [0.15, 0.2) is 0 Å². The van der Waals surface area contributed by atoms with E-state index < -0.39 is 0 Å². The van der Waals surface area contributed by atoms with Crippen molar-refractivity contribution in [3.8, 4) is 44.8 Å². The fraction of sp³-hybridized carbons (Fsp3) is 0. The van der Waals surface area contributed by atoms with Crippen LogP contribution in [-0.4, -0.2) is 14.1 Å². The van der Waals surface area contributed by atoms with Crippen molar-refractivity contribution in [1.29, 1.82) is 0 Å². The highest BCUT2D eigenvalue weighted by atomic mass is 15.0. The van der Waals surface area contributed by atoms with Crippen LogP contribution < -0.4 is 0 Å². The number of hydrogen-bond acceptors (Lipinski definition) is 1. The average Bonchev–Trinajstić information content (AvgIpc) is 3.84. The molecule has 0 amide bonds. The van der Waals surface area contributed by atoms with Gasteiger partial charge in [-0.05, 0) is 111 Å². The van der Waals surface area contributed by atoms with E-state index in [2.05, 4.69) is 179 Å². The molecule has 1 aliphatic carbocycles. The Labute approximate surface area is 299 Å². The first-order chi connectivity index (χ1) is 25.8. The first-order valence-electron chi connectivity index (χ1n) is 17.9. The number of hydrogen-bond donors (Lipinski definition) is 0. The van der Waals surface area contributed by atoms with E-state index in [-0.39, 0.29) is 0 Å². The third kappa shape index (κ3) is 3.72. The number of aromatic nitrogens is 3. The number of nitrogens with zero attached hydrogens (tertiary/aromatic N) is 3. The van der Waals surface area contributed by atoms with Crippen LogP contribution in [0.5, 0.6) is 0 Å².